The summed E-state index contributed by atoms with van der Waals surface area (Å²) >= 11 is -2.24. The summed E-state index contributed by atoms with van der Waals surface area (Å²) in [7, 11) is 6.69. The van der Waals surface area contributed by atoms with Crippen LogP contribution in [0, 0.1) is 0 Å². The van der Waals surface area contributed by atoms with E-state index in [0.29, 0.717) is 0 Å². The number of hydrogen-bond acceptors (Lipinski definition) is 7. The fourth-order valence-corrected chi connectivity index (χ4v) is 8.24. The second-order valence-corrected chi connectivity index (χ2v) is 34.3. The van der Waals surface area contributed by atoms with E-state index in [1.54, 1.807) is 69.5 Å². The van der Waals surface area contributed by atoms with E-state index in [9.17, 15) is 9.13 Å². The fourth-order valence-electron chi connectivity index (χ4n) is 2.18. The molecule has 0 rings (SSSR count). The summed E-state index contributed by atoms with van der Waals surface area (Å²) in [6.07, 6.45) is -1.49. The molecule has 29 heavy (non-hydrogen) atoms. The zero-order valence-corrected chi connectivity index (χ0v) is 26.1. The predicted molar refractivity (Wildman–Crippen MR) is 127 cm³/mol. The van der Waals surface area contributed by atoms with E-state index < -0.39 is 36.8 Å². The fraction of sp³-hybridized carbons (Fsp3) is 1.00. The van der Waals surface area contributed by atoms with Gasteiger partial charge in [0.1, 0.15) is 0 Å². The average molecular weight is 607 g/mol. The van der Waals surface area contributed by atoms with Crippen molar-refractivity contribution in [3.63, 3.8) is 0 Å². The van der Waals surface area contributed by atoms with Gasteiger partial charge in [-0.25, -0.2) is 0 Å². The van der Waals surface area contributed by atoms with Crippen molar-refractivity contribution in [1.82, 2.24) is 4.90 Å². The minimum atomic E-state index is -3.82. The Morgan fingerprint density at radius 2 is 0.828 bits per heavy atom. The molecule has 0 bridgehead atoms. The average Bonchev–Trinajstić information content (AvgIpc) is 2.29. The third-order valence-corrected chi connectivity index (χ3v) is 9.07. The van der Waals surface area contributed by atoms with Crippen molar-refractivity contribution < 1.29 is 27.2 Å². The van der Waals surface area contributed by atoms with Gasteiger partial charge in [0.25, 0.3) is 0 Å². The van der Waals surface area contributed by atoms with Crippen molar-refractivity contribution in [2.24, 2.45) is 0 Å². The molecule has 0 radical (unpaired) electrons. The second kappa shape index (κ2) is 14.0. The number of hydrogen-bond donors (Lipinski definition) is 0. The first-order chi connectivity index (χ1) is 12.7. The van der Waals surface area contributed by atoms with Gasteiger partial charge in [-0.2, -0.15) is 0 Å². The first kappa shape index (κ1) is 32.8. The van der Waals surface area contributed by atoms with Gasteiger partial charge >= 0.3 is 59.0 Å². The van der Waals surface area contributed by atoms with Crippen LogP contribution < -0.4 is 0 Å². The van der Waals surface area contributed by atoms with Gasteiger partial charge in [0, 0.05) is 0 Å². The molecule has 0 amide bonds. The van der Waals surface area contributed by atoms with Crippen molar-refractivity contribution >= 4 is 49.2 Å². The Morgan fingerprint density at radius 3 is 0.931 bits per heavy atom. The molecule has 178 valence electrons. The zero-order valence-electron chi connectivity index (χ0n) is 19.9. The van der Waals surface area contributed by atoms with E-state index in [2.05, 4.69) is 0 Å². The Kier molecular flexibility index (Phi) is 15.9. The number of nitrogens with zero attached hydrogens (tertiary/aromatic N) is 1. The first-order valence-electron chi connectivity index (χ1n) is 9.70. The van der Waals surface area contributed by atoms with Crippen LogP contribution in [0.15, 0.2) is 0 Å². The number of rotatable bonds is 11. The molecule has 12 heteroatoms. The topological polar surface area (TPSA) is 74.3 Å². The summed E-state index contributed by atoms with van der Waals surface area (Å²) in [4.78, 5) is 5.40. The molecule has 7 nitrogen and oxygen atoms in total. The molecule has 0 saturated carbocycles. The van der Waals surface area contributed by atoms with Crippen molar-refractivity contribution in [2.45, 2.75) is 95.2 Å². The van der Waals surface area contributed by atoms with Crippen molar-refractivity contribution in [2.75, 3.05) is 14.1 Å². The minimum absolute atomic E-state index is 0.372. The number of halogens is 2. The Morgan fingerprint density at radius 1 is 0.655 bits per heavy atom. The van der Waals surface area contributed by atoms with Crippen LogP contribution in [0.3, 0.4) is 0 Å². The molecule has 0 aliphatic heterocycles. The van der Waals surface area contributed by atoms with Crippen LogP contribution in [0.5, 0.6) is 0 Å². The molecule has 0 heterocycles. The van der Waals surface area contributed by atoms with Gasteiger partial charge in [-0.3, -0.25) is 14.0 Å². The summed E-state index contributed by atoms with van der Waals surface area (Å²) in [5, 5.41) is 0. The summed E-state index contributed by atoms with van der Waals surface area (Å²) in [5.74, 6) is 0. The molecule has 0 N–H and O–H groups in total. The van der Waals surface area contributed by atoms with Crippen molar-refractivity contribution in [1.29, 1.82) is 0 Å². The third-order valence-electron chi connectivity index (χ3n) is 2.46. The van der Waals surface area contributed by atoms with Gasteiger partial charge in [0.15, 0.2) is 0 Å². The standard InChI is InChI=1S/C15H35NO6P2.2CH3.2ClH.Sn/c1-11(2)19-23(17,20-12(3)4)15(16(9)10)24(18,21-13(5)6)22-14(7)8;;;;;/h11-15H,1-10H3;2*1H3;2*1H;/q;;;;;+2/p-2. The molecule has 0 aromatic rings. The Labute approximate surface area is 189 Å². The summed E-state index contributed by atoms with van der Waals surface area (Å²) < 4.78 is 49.7. The van der Waals surface area contributed by atoms with E-state index in [1.807, 2.05) is 9.88 Å². The van der Waals surface area contributed by atoms with Gasteiger partial charge in [-0.1, -0.05) is 0 Å². The summed E-state index contributed by atoms with van der Waals surface area (Å²) in [6.45, 7) is 14.0. The van der Waals surface area contributed by atoms with E-state index in [4.69, 9.17) is 35.9 Å². The van der Waals surface area contributed by atoms with Crippen LogP contribution in [0.4, 0.5) is 0 Å². The van der Waals surface area contributed by atoms with E-state index in [0.717, 1.165) is 0 Å². The van der Waals surface area contributed by atoms with Crippen LogP contribution in [0.1, 0.15) is 55.4 Å². The van der Waals surface area contributed by atoms with Crippen LogP contribution in [-0.2, 0) is 27.2 Å². The van der Waals surface area contributed by atoms with Crippen LogP contribution in [0.2, 0.25) is 9.88 Å². The molecule has 0 spiro atoms. The molecule has 0 atom stereocenters. The Hall–Kier alpha value is 1.64. The predicted octanol–water partition coefficient (Wildman–Crippen LogP) is 7.08. The molecule has 0 aliphatic rings. The van der Waals surface area contributed by atoms with Gasteiger partial charge in [0.2, 0.25) is 5.52 Å². The SMILES string of the molecule is CC(C)OP(=O)(OC(C)C)C(N(C)C)P(=O)(OC(C)C)OC(C)C.[CH3][Sn]([CH3])([Cl])[Cl]. The zero-order chi connectivity index (χ0) is 23.8. The van der Waals surface area contributed by atoms with Crippen LogP contribution in [-0.4, -0.2) is 65.1 Å². The van der Waals surface area contributed by atoms with Crippen LogP contribution >= 0.6 is 33.0 Å². The molecule has 0 aromatic heterocycles. The van der Waals surface area contributed by atoms with E-state index >= 15 is 0 Å². The maximum atomic E-state index is 13.6. The summed E-state index contributed by atoms with van der Waals surface area (Å²) in [6, 6.07) is 0. The van der Waals surface area contributed by atoms with Gasteiger partial charge < -0.3 is 18.1 Å². The Balaban J connectivity index is 0. The Bertz CT molecular complexity index is 485. The molecular formula is C17H41Cl2NO6P2Sn. The summed E-state index contributed by atoms with van der Waals surface area (Å²) in [5.41, 5.74) is -1.15. The van der Waals surface area contributed by atoms with Crippen molar-refractivity contribution in [3.8, 4) is 0 Å². The normalized spacial score (nSPS) is 13.8. The third kappa shape index (κ3) is 16.0. The van der Waals surface area contributed by atoms with E-state index in [1.165, 1.54) is 4.90 Å². The second-order valence-electron chi connectivity index (χ2n) is 8.33. The van der Waals surface area contributed by atoms with Crippen molar-refractivity contribution in [3.05, 3.63) is 0 Å². The van der Waals surface area contributed by atoms with Gasteiger partial charge in [-0.05, 0) is 69.5 Å². The van der Waals surface area contributed by atoms with E-state index in [-0.39, 0.29) is 24.4 Å². The molecule has 0 aromatic carbocycles. The van der Waals surface area contributed by atoms with Gasteiger partial charge in [-0.15, -0.1) is 0 Å². The maximum absolute atomic E-state index is 13.6. The van der Waals surface area contributed by atoms with Crippen LogP contribution in [0.25, 0.3) is 0 Å². The quantitative estimate of drug-likeness (QED) is 0.184. The molecule has 0 unspecified atom stereocenters. The molecule has 0 fully saturated rings. The monoisotopic (exact) mass is 607 g/mol. The molecule has 0 aliphatic carbocycles. The first-order valence-corrected chi connectivity index (χ1v) is 25.9. The molecule has 0 saturated heterocycles. The van der Waals surface area contributed by atoms with Gasteiger partial charge in [0.05, 0.1) is 24.4 Å². The molecular weight excluding hydrogens is 566 g/mol.